The second-order valence-electron chi connectivity index (χ2n) is 25.9. The smallest absolute Gasteiger partial charge is 0.397 e. The van der Waals surface area contributed by atoms with Crippen LogP contribution in [0.2, 0.25) is 0 Å². The molecule has 9 aliphatic rings. The van der Waals surface area contributed by atoms with E-state index in [1.54, 1.807) is 0 Å². The fraction of sp³-hybridized carbons (Fsp3) is 0.907. The van der Waals surface area contributed by atoms with E-state index in [-0.39, 0.29) is 29.1 Å². The number of allylic oxidation sites excluding steroid dienone is 3. The second kappa shape index (κ2) is 24.3. The molecule has 0 aromatic carbocycles. The number of aliphatic hydroxyl groups is 9. The van der Waals surface area contributed by atoms with Gasteiger partial charge in [-0.2, -0.15) is 16.8 Å². The van der Waals surface area contributed by atoms with Crippen LogP contribution in [0.5, 0.6) is 0 Å². The fourth-order valence-corrected chi connectivity index (χ4v) is 17.0. The number of rotatable bonds is 18. The summed E-state index contributed by atoms with van der Waals surface area (Å²) in [4.78, 5) is 14.4. The van der Waals surface area contributed by atoms with Crippen LogP contribution >= 0.6 is 0 Å². The topological polar surface area (TPSA) is 419 Å². The number of fused-ring (bicyclic) bond motifs is 4. The van der Waals surface area contributed by atoms with Crippen LogP contribution in [0.1, 0.15) is 107 Å². The highest BCUT2D eigenvalue weighted by atomic mass is 32.3. The Morgan fingerprint density at radius 1 is 0.714 bits per heavy atom. The van der Waals surface area contributed by atoms with Gasteiger partial charge in [0.25, 0.3) is 0 Å². The van der Waals surface area contributed by atoms with Crippen molar-refractivity contribution in [3.8, 4) is 0 Å². The average Bonchev–Trinajstić information content (AvgIpc) is 1.45. The average molecular weight is 1250 g/mol. The first-order chi connectivity index (χ1) is 39.1. The molecule has 0 bridgehead atoms. The zero-order valence-corrected chi connectivity index (χ0v) is 50.1. The van der Waals surface area contributed by atoms with Crippen molar-refractivity contribution >= 4 is 26.8 Å². The van der Waals surface area contributed by atoms with Gasteiger partial charge < -0.3 is 93.3 Å². The molecule has 5 aliphatic heterocycles. The Balaban J connectivity index is 0.915. The van der Waals surface area contributed by atoms with Crippen molar-refractivity contribution in [2.24, 2.45) is 39.4 Å². The van der Waals surface area contributed by atoms with Crippen molar-refractivity contribution in [3.05, 3.63) is 23.3 Å². The molecule has 28 nitrogen and oxygen atoms in total. The van der Waals surface area contributed by atoms with E-state index in [0.29, 0.717) is 32.1 Å². The van der Waals surface area contributed by atoms with Gasteiger partial charge in [-0.25, -0.2) is 8.37 Å². The zero-order valence-electron chi connectivity index (χ0n) is 48.5. The molecule has 4 aliphatic carbocycles. The van der Waals surface area contributed by atoms with Gasteiger partial charge in [0, 0.05) is 18.4 Å². The van der Waals surface area contributed by atoms with Crippen LogP contribution in [0.15, 0.2) is 23.3 Å². The van der Waals surface area contributed by atoms with Gasteiger partial charge in [-0.3, -0.25) is 13.9 Å². The first-order valence-corrected chi connectivity index (χ1v) is 31.4. The van der Waals surface area contributed by atoms with E-state index in [9.17, 15) is 76.7 Å². The maximum Gasteiger partial charge on any atom is 0.397 e. The summed E-state index contributed by atoms with van der Waals surface area (Å²) in [6, 6.07) is 0. The van der Waals surface area contributed by atoms with Gasteiger partial charge in [-0.15, -0.1) is 0 Å². The Morgan fingerprint density at radius 3 is 1.96 bits per heavy atom. The third kappa shape index (κ3) is 11.8. The van der Waals surface area contributed by atoms with Crippen molar-refractivity contribution in [2.45, 2.75) is 241 Å². The molecule has 84 heavy (non-hydrogen) atoms. The molecule has 0 radical (unpaired) electrons. The molecule has 9 rings (SSSR count). The van der Waals surface area contributed by atoms with Crippen LogP contribution in [0.25, 0.3) is 0 Å². The van der Waals surface area contributed by atoms with Gasteiger partial charge in [0.1, 0.15) is 91.1 Å². The highest BCUT2D eigenvalue weighted by Crippen LogP contribution is 2.76. The lowest BCUT2D eigenvalue weighted by atomic mass is 9.40. The molecule has 11 N–H and O–H groups in total. The first-order valence-electron chi connectivity index (χ1n) is 28.7. The second-order valence-corrected chi connectivity index (χ2v) is 28.1. The standard InChI is InChI=1S/C54H86O28S2/c1-23(2)10-13-32(56)53(8)31-15-18-52(7)26-11-12-30-50(4,5)33(16-17-51(30,6)25(26)14-19-54(31,52)49(64)81-53)77-48-44(36(59)29(21-72-48)82-84(68,69)70)80-45-38(61)37(60)41(24(3)74-45)78-47-40(63)43(35(58)28(76-47)22-73-83(65,66)67)79-46-39(62)42(71-9)34(57)27(20-55)75-46/h10-11,24-25,27-48,55-63H,12-22H2,1-9H3,(H,65,66,67)(H,68,69,70). The predicted molar refractivity (Wildman–Crippen MR) is 283 cm³/mol. The number of cyclic esters (lactones) is 1. The Labute approximate surface area is 488 Å². The Morgan fingerprint density at radius 2 is 1.33 bits per heavy atom. The predicted octanol–water partition coefficient (Wildman–Crippen LogP) is -0.763. The fourth-order valence-electron chi connectivity index (χ4n) is 16.2. The molecule has 0 aromatic rings. The van der Waals surface area contributed by atoms with Crippen molar-refractivity contribution in [3.63, 3.8) is 0 Å². The molecule has 5 saturated heterocycles. The first kappa shape index (κ1) is 66.4. The van der Waals surface area contributed by atoms with Crippen molar-refractivity contribution in [1.82, 2.24) is 0 Å². The quantitative estimate of drug-likeness (QED) is 0.0456. The third-order valence-electron chi connectivity index (χ3n) is 20.7. The summed E-state index contributed by atoms with van der Waals surface area (Å²) < 4.78 is 135. The lowest BCUT2D eigenvalue weighted by molar-refractivity contribution is -0.389. The van der Waals surface area contributed by atoms with E-state index < -0.39 is 191 Å². The summed E-state index contributed by atoms with van der Waals surface area (Å²) >= 11 is 0. The summed E-state index contributed by atoms with van der Waals surface area (Å²) in [6.07, 6.45) is -26.6. The Bertz CT molecular complexity index is 2660. The SMILES string of the molecule is COC1C(O)C(CO)OC(OC2C(O)C(COS(=O)(=O)O)OC(OC3C(C)OC(OC4C(OC5CCC6(C)C7CCC89C(=O)OC(C)(C(O)CC=C(C)C)C8CCC9(C)C7=CCC6C5(C)C)OCC(OS(=O)(=O)O)C4O)C(O)C3O)C2O)C1O. The van der Waals surface area contributed by atoms with Crippen LogP contribution in [-0.4, -0.2) is 239 Å². The monoisotopic (exact) mass is 1250 g/mol. The molecule has 8 fully saturated rings. The molecule has 0 aromatic heterocycles. The van der Waals surface area contributed by atoms with Crippen molar-refractivity contribution in [1.29, 1.82) is 0 Å². The molecule has 0 amide bonds. The van der Waals surface area contributed by atoms with Gasteiger partial charge in [0.15, 0.2) is 25.2 Å². The molecular formula is C54H86O28S2. The largest absolute Gasteiger partial charge is 0.456 e. The summed E-state index contributed by atoms with van der Waals surface area (Å²) in [7, 11) is -9.25. The Kier molecular flexibility index (Phi) is 19.2. The number of hydrogen-bond acceptors (Lipinski definition) is 26. The van der Waals surface area contributed by atoms with Crippen LogP contribution in [0.4, 0.5) is 0 Å². The van der Waals surface area contributed by atoms with Gasteiger partial charge in [0.05, 0.1) is 43.5 Å². The van der Waals surface area contributed by atoms with E-state index in [0.717, 1.165) is 31.9 Å². The molecule has 3 saturated carbocycles. The minimum absolute atomic E-state index is 0.0101. The van der Waals surface area contributed by atoms with Crippen LogP contribution in [0.3, 0.4) is 0 Å². The van der Waals surface area contributed by atoms with Crippen molar-refractivity contribution in [2.75, 3.05) is 26.9 Å². The molecular weight excluding hydrogens is 1160 g/mol. The summed E-state index contributed by atoms with van der Waals surface area (Å²) in [5, 5.41) is 101. The number of methoxy groups -OCH3 is 1. The van der Waals surface area contributed by atoms with E-state index in [1.807, 2.05) is 26.8 Å². The Hall–Kier alpha value is -2.03. The molecule has 28 unspecified atom stereocenters. The highest BCUT2D eigenvalue weighted by Gasteiger charge is 2.77. The molecule has 5 heterocycles. The van der Waals surface area contributed by atoms with Crippen molar-refractivity contribution < 1.29 is 132 Å². The summed E-state index contributed by atoms with van der Waals surface area (Å²) in [5.41, 5.74) is -0.974. The highest BCUT2D eigenvalue weighted by molar-refractivity contribution is 7.81. The number of carbonyl (C=O) groups excluding carboxylic acids is 1. The maximum atomic E-state index is 14.4. The van der Waals surface area contributed by atoms with E-state index in [1.165, 1.54) is 12.5 Å². The molecule has 28 atom stereocenters. The number of ether oxygens (including phenoxy) is 10. The molecule has 482 valence electrons. The van der Waals surface area contributed by atoms with E-state index in [4.69, 9.17) is 51.6 Å². The summed E-state index contributed by atoms with van der Waals surface area (Å²) in [6.45, 7) is 13.2. The minimum Gasteiger partial charge on any atom is -0.456 e. The van der Waals surface area contributed by atoms with Gasteiger partial charge >= 0.3 is 26.8 Å². The lowest BCUT2D eigenvalue weighted by Gasteiger charge is -2.64. The van der Waals surface area contributed by atoms with Crippen LogP contribution < -0.4 is 0 Å². The van der Waals surface area contributed by atoms with Gasteiger partial charge in [0.2, 0.25) is 0 Å². The number of carbonyl (C=O) groups is 1. The van der Waals surface area contributed by atoms with E-state index in [2.05, 4.69) is 38.0 Å². The third-order valence-corrected chi connectivity index (χ3v) is 21.6. The van der Waals surface area contributed by atoms with Gasteiger partial charge in [-0.1, -0.05) is 51.0 Å². The minimum atomic E-state index is -5.21. The number of aliphatic hydroxyl groups excluding tert-OH is 9. The zero-order chi connectivity index (χ0) is 61.8. The number of esters is 1. The maximum absolute atomic E-state index is 14.4. The van der Waals surface area contributed by atoms with Crippen LogP contribution in [-0.2, 0) is 81.3 Å². The number of hydrogen-bond donors (Lipinski definition) is 11. The lowest BCUT2D eigenvalue weighted by Crippen LogP contribution is -2.67. The normalized spacial score (nSPS) is 48.9. The molecule has 1 spiro atoms. The van der Waals surface area contributed by atoms with Gasteiger partial charge in [-0.05, 0) is 102 Å². The summed E-state index contributed by atoms with van der Waals surface area (Å²) in [5.74, 6) is -0.343. The van der Waals surface area contributed by atoms with Crippen LogP contribution in [0, 0.1) is 39.4 Å². The molecule has 30 heteroatoms. The van der Waals surface area contributed by atoms with E-state index >= 15 is 0 Å².